The summed E-state index contributed by atoms with van der Waals surface area (Å²) in [6, 6.07) is 5.19. The molecule has 0 saturated heterocycles. The summed E-state index contributed by atoms with van der Waals surface area (Å²) in [6.07, 6.45) is 1.00. The zero-order valence-corrected chi connectivity index (χ0v) is 12.8. The Labute approximate surface area is 121 Å². The summed E-state index contributed by atoms with van der Waals surface area (Å²) in [4.78, 5) is -0.357. The molecule has 0 fully saturated rings. The lowest BCUT2D eigenvalue weighted by molar-refractivity contribution is 0.600. The molecule has 9 heteroatoms. The largest absolute Gasteiger partial charge is 0.398 e. The average Bonchev–Trinajstić information content (AvgIpc) is 2.79. The first-order valence-corrected chi connectivity index (χ1v) is 9.66. The van der Waals surface area contributed by atoms with E-state index in [1.807, 2.05) is 0 Å². The van der Waals surface area contributed by atoms with Gasteiger partial charge in [-0.3, -0.25) is 4.72 Å². The van der Waals surface area contributed by atoms with Gasteiger partial charge in [0.05, 0.1) is 16.3 Å². The molecule has 0 spiro atoms. The van der Waals surface area contributed by atoms with Crippen molar-refractivity contribution in [2.75, 3.05) is 16.7 Å². The SMILES string of the molecule is CS(=O)(=O)c1ccc(N)c(S(=O)(=O)Nc2ccsc2)c1. The van der Waals surface area contributed by atoms with Gasteiger partial charge >= 0.3 is 0 Å². The molecule has 1 heterocycles. The Morgan fingerprint density at radius 1 is 1.15 bits per heavy atom. The Hall–Kier alpha value is -1.58. The number of sulfone groups is 1. The van der Waals surface area contributed by atoms with Crippen LogP contribution in [-0.4, -0.2) is 23.1 Å². The number of nitrogens with one attached hydrogen (secondary N) is 1. The summed E-state index contributed by atoms with van der Waals surface area (Å²) < 4.78 is 49.8. The molecule has 0 aliphatic rings. The lowest BCUT2D eigenvalue weighted by Crippen LogP contribution is -2.15. The van der Waals surface area contributed by atoms with Crippen molar-refractivity contribution < 1.29 is 16.8 Å². The van der Waals surface area contributed by atoms with E-state index in [-0.39, 0.29) is 15.5 Å². The van der Waals surface area contributed by atoms with Crippen molar-refractivity contribution in [1.29, 1.82) is 0 Å². The minimum atomic E-state index is -3.93. The molecule has 0 amide bonds. The Bertz CT molecular complexity index is 825. The molecule has 0 saturated carbocycles. The second kappa shape index (κ2) is 5.08. The third kappa shape index (κ3) is 3.11. The van der Waals surface area contributed by atoms with Crippen molar-refractivity contribution >= 4 is 42.6 Å². The molecule has 1 aromatic carbocycles. The molecule has 0 atom stereocenters. The van der Waals surface area contributed by atoms with Gasteiger partial charge in [0, 0.05) is 11.6 Å². The molecule has 20 heavy (non-hydrogen) atoms. The van der Waals surface area contributed by atoms with Gasteiger partial charge in [0.2, 0.25) is 0 Å². The fourth-order valence-corrected chi connectivity index (χ4v) is 4.10. The highest BCUT2D eigenvalue weighted by Gasteiger charge is 2.20. The number of rotatable bonds is 4. The van der Waals surface area contributed by atoms with Gasteiger partial charge in [0.1, 0.15) is 4.90 Å². The highest BCUT2D eigenvalue weighted by atomic mass is 32.2. The topological polar surface area (TPSA) is 106 Å². The molecule has 6 nitrogen and oxygen atoms in total. The van der Waals surface area contributed by atoms with Gasteiger partial charge in [-0.2, -0.15) is 11.3 Å². The van der Waals surface area contributed by atoms with Crippen LogP contribution in [0, 0.1) is 0 Å². The summed E-state index contributed by atoms with van der Waals surface area (Å²) in [5.41, 5.74) is 6.02. The average molecular weight is 332 g/mol. The maximum Gasteiger partial charge on any atom is 0.264 e. The maximum absolute atomic E-state index is 12.2. The van der Waals surface area contributed by atoms with Gasteiger partial charge in [-0.25, -0.2) is 16.8 Å². The molecule has 0 radical (unpaired) electrons. The Kier molecular flexibility index (Phi) is 3.76. The van der Waals surface area contributed by atoms with Crippen LogP contribution >= 0.6 is 11.3 Å². The summed E-state index contributed by atoms with van der Waals surface area (Å²) in [5.74, 6) is 0. The zero-order valence-electron chi connectivity index (χ0n) is 10.4. The van der Waals surface area contributed by atoms with E-state index in [2.05, 4.69) is 4.72 Å². The van der Waals surface area contributed by atoms with Crippen LogP contribution in [0.2, 0.25) is 0 Å². The van der Waals surface area contributed by atoms with Crippen LogP contribution in [0.25, 0.3) is 0 Å². The number of benzene rings is 1. The van der Waals surface area contributed by atoms with E-state index in [0.29, 0.717) is 5.69 Å². The van der Waals surface area contributed by atoms with E-state index >= 15 is 0 Å². The van der Waals surface area contributed by atoms with E-state index in [0.717, 1.165) is 12.3 Å². The van der Waals surface area contributed by atoms with Crippen molar-refractivity contribution in [2.24, 2.45) is 0 Å². The summed E-state index contributed by atoms with van der Waals surface area (Å²) in [7, 11) is -7.44. The number of thiophene rings is 1. The van der Waals surface area contributed by atoms with Crippen LogP contribution in [0.5, 0.6) is 0 Å². The van der Waals surface area contributed by atoms with Crippen molar-refractivity contribution in [1.82, 2.24) is 0 Å². The highest BCUT2D eigenvalue weighted by molar-refractivity contribution is 7.93. The van der Waals surface area contributed by atoms with Crippen LogP contribution in [-0.2, 0) is 19.9 Å². The molecule has 2 rings (SSSR count). The van der Waals surface area contributed by atoms with Gasteiger partial charge in [-0.1, -0.05) is 0 Å². The maximum atomic E-state index is 12.2. The monoisotopic (exact) mass is 332 g/mol. The number of hydrogen-bond donors (Lipinski definition) is 2. The number of nitrogens with two attached hydrogens (primary N) is 1. The molecule has 0 aliphatic heterocycles. The Morgan fingerprint density at radius 2 is 1.85 bits per heavy atom. The zero-order chi connectivity index (χ0) is 15.0. The summed E-state index contributed by atoms with van der Waals surface area (Å²) in [6.45, 7) is 0. The fourth-order valence-electron chi connectivity index (χ4n) is 1.51. The van der Waals surface area contributed by atoms with Crippen molar-refractivity contribution in [3.8, 4) is 0 Å². The first kappa shape index (κ1) is 14.8. The molecule has 3 N–H and O–H groups in total. The molecule has 0 bridgehead atoms. The first-order valence-electron chi connectivity index (χ1n) is 5.35. The molecule has 1 aromatic heterocycles. The van der Waals surface area contributed by atoms with Crippen molar-refractivity contribution in [2.45, 2.75) is 9.79 Å². The molecule has 0 aliphatic carbocycles. The predicted molar refractivity (Wildman–Crippen MR) is 79.1 cm³/mol. The van der Waals surface area contributed by atoms with E-state index in [1.165, 1.54) is 23.5 Å². The third-order valence-corrected chi connectivity index (χ3v) is 5.71. The first-order chi connectivity index (χ1) is 9.20. The van der Waals surface area contributed by atoms with Gasteiger partial charge in [-0.05, 0) is 29.6 Å². The second-order valence-electron chi connectivity index (χ2n) is 4.09. The lowest BCUT2D eigenvalue weighted by Gasteiger charge is -2.10. The van der Waals surface area contributed by atoms with Crippen LogP contribution in [0.3, 0.4) is 0 Å². The van der Waals surface area contributed by atoms with Crippen molar-refractivity contribution in [3.05, 3.63) is 35.0 Å². The number of nitrogen functional groups attached to an aromatic ring is 1. The van der Waals surface area contributed by atoms with Crippen LogP contribution in [0.1, 0.15) is 0 Å². The Morgan fingerprint density at radius 3 is 2.40 bits per heavy atom. The fraction of sp³-hybridized carbons (Fsp3) is 0.0909. The van der Waals surface area contributed by atoms with E-state index in [4.69, 9.17) is 5.73 Å². The minimum Gasteiger partial charge on any atom is -0.398 e. The highest BCUT2D eigenvalue weighted by Crippen LogP contribution is 2.25. The van der Waals surface area contributed by atoms with E-state index in [1.54, 1.807) is 16.8 Å². The van der Waals surface area contributed by atoms with Crippen molar-refractivity contribution in [3.63, 3.8) is 0 Å². The molecule has 2 aromatic rings. The quantitative estimate of drug-likeness (QED) is 0.826. The number of anilines is 2. The van der Waals surface area contributed by atoms with Gasteiger partial charge < -0.3 is 5.73 Å². The molecular weight excluding hydrogens is 320 g/mol. The number of hydrogen-bond acceptors (Lipinski definition) is 6. The van der Waals surface area contributed by atoms with Crippen LogP contribution in [0.15, 0.2) is 44.8 Å². The third-order valence-electron chi connectivity index (χ3n) is 2.48. The summed E-state index contributed by atoms with van der Waals surface area (Å²) >= 11 is 1.33. The summed E-state index contributed by atoms with van der Waals surface area (Å²) in [5, 5.41) is 3.34. The van der Waals surface area contributed by atoms with Crippen LogP contribution in [0.4, 0.5) is 11.4 Å². The molecular formula is C11H12N2O4S3. The minimum absolute atomic E-state index is 0.0138. The Balaban J connectivity index is 2.51. The normalized spacial score (nSPS) is 12.2. The predicted octanol–water partition coefficient (Wildman–Crippen LogP) is 1.53. The van der Waals surface area contributed by atoms with E-state index in [9.17, 15) is 16.8 Å². The van der Waals surface area contributed by atoms with Crippen LogP contribution < -0.4 is 10.5 Å². The van der Waals surface area contributed by atoms with E-state index < -0.39 is 19.9 Å². The standard InChI is InChI=1S/C11H12N2O4S3/c1-19(14,15)9-2-3-10(12)11(6-9)20(16,17)13-8-4-5-18-7-8/h2-7,13H,12H2,1H3. The molecule has 0 unspecified atom stereocenters. The lowest BCUT2D eigenvalue weighted by atomic mass is 10.3. The smallest absolute Gasteiger partial charge is 0.264 e. The van der Waals surface area contributed by atoms with Gasteiger partial charge in [-0.15, -0.1) is 0 Å². The molecule has 108 valence electrons. The van der Waals surface area contributed by atoms with Gasteiger partial charge in [0.15, 0.2) is 9.84 Å². The second-order valence-corrected chi connectivity index (χ2v) is 8.54. The van der Waals surface area contributed by atoms with Gasteiger partial charge in [0.25, 0.3) is 10.0 Å². The number of sulfonamides is 1.